The van der Waals surface area contributed by atoms with Gasteiger partial charge in [0.05, 0.1) is 0 Å². The van der Waals surface area contributed by atoms with Crippen molar-refractivity contribution in [3.8, 4) is 11.5 Å². The molecule has 0 radical (unpaired) electrons. The van der Waals surface area contributed by atoms with Crippen LogP contribution in [0.5, 0.6) is 11.5 Å². The fourth-order valence-corrected chi connectivity index (χ4v) is 2.29. The van der Waals surface area contributed by atoms with Gasteiger partial charge >= 0.3 is 0 Å². The van der Waals surface area contributed by atoms with Crippen LogP contribution in [0.25, 0.3) is 0 Å². The van der Waals surface area contributed by atoms with Crippen LogP contribution in [-0.4, -0.2) is 6.54 Å². The minimum absolute atomic E-state index is 0.843. The van der Waals surface area contributed by atoms with Crippen LogP contribution in [-0.2, 0) is 6.42 Å². The lowest BCUT2D eigenvalue weighted by Gasteiger charge is -2.09. The Kier molecular flexibility index (Phi) is 4.73. The van der Waals surface area contributed by atoms with Gasteiger partial charge in [-0.1, -0.05) is 54.6 Å². The lowest BCUT2D eigenvalue weighted by Crippen LogP contribution is -2.04. The highest BCUT2D eigenvalue weighted by Crippen LogP contribution is 2.23. The van der Waals surface area contributed by atoms with Crippen LogP contribution >= 0.6 is 0 Å². The zero-order valence-corrected chi connectivity index (χ0v) is 12.4. The number of para-hydroxylation sites is 1. The van der Waals surface area contributed by atoms with E-state index in [1.807, 2.05) is 54.6 Å². The minimum atomic E-state index is 0.843. The van der Waals surface area contributed by atoms with Crippen LogP contribution in [0.3, 0.4) is 0 Å². The molecule has 0 fully saturated rings. The second-order valence-corrected chi connectivity index (χ2v) is 5.11. The molecular weight excluding hydrogens is 270 g/mol. The molecule has 0 aliphatic carbocycles. The number of anilines is 1. The maximum absolute atomic E-state index is 5.84. The summed E-state index contributed by atoms with van der Waals surface area (Å²) in [4.78, 5) is 0. The van der Waals surface area contributed by atoms with E-state index < -0.39 is 0 Å². The van der Waals surface area contributed by atoms with Crippen molar-refractivity contribution in [2.24, 2.45) is 0 Å². The Hall–Kier alpha value is -2.74. The largest absolute Gasteiger partial charge is 0.457 e. The van der Waals surface area contributed by atoms with Gasteiger partial charge in [0.15, 0.2) is 0 Å². The Balaban J connectivity index is 1.57. The molecule has 3 rings (SSSR count). The molecule has 0 bridgehead atoms. The van der Waals surface area contributed by atoms with E-state index in [2.05, 4.69) is 35.6 Å². The number of hydrogen-bond acceptors (Lipinski definition) is 2. The second kappa shape index (κ2) is 7.32. The van der Waals surface area contributed by atoms with Crippen LogP contribution in [0.1, 0.15) is 5.56 Å². The fourth-order valence-electron chi connectivity index (χ4n) is 2.29. The quantitative estimate of drug-likeness (QED) is 0.679. The number of benzene rings is 3. The van der Waals surface area contributed by atoms with E-state index in [4.69, 9.17) is 4.74 Å². The van der Waals surface area contributed by atoms with Crippen molar-refractivity contribution in [2.75, 3.05) is 11.9 Å². The van der Waals surface area contributed by atoms with E-state index in [9.17, 15) is 0 Å². The van der Waals surface area contributed by atoms with E-state index >= 15 is 0 Å². The summed E-state index contributed by atoms with van der Waals surface area (Å²) in [6.07, 6.45) is 1.00. The van der Waals surface area contributed by atoms with Gasteiger partial charge in [-0.05, 0) is 36.2 Å². The second-order valence-electron chi connectivity index (χ2n) is 5.11. The molecule has 2 nitrogen and oxygen atoms in total. The van der Waals surface area contributed by atoms with Crippen molar-refractivity contribution >= 4 is 5.69 Å². The van der Waals surface area contributed by atoms with Crippen LogP contribution in [0.2, 0.25) is 0 Å². The third-order valence-electron chi connectivity index (χ3n) is 3.40. The van der Waals surface area contributed by atoms with Gasteiger partial charge in [-0.3, -0.25) is 0 Å². The molecule has 0 unspecified atom stereocenters. The van der Waals surface area contributed by atoms with E-state index in [1.54, 1.807) is 0 Å². The minimum Gasteiger partial charge on any atom is -0.457 e. The molecule has 0 aromatic heterocycles. The summed E-state index contributed by atoms with van der Waals surface area (Å²) < 4.78 is 5.84. The molecule has 1 N–H and O–H groups in total. The first-order valence-corrected chi connectivity index (χ1v) is 7.51. The molecule has 110 valence electrons. The van der Waals surface area contributed by atoms with Gasteiger partial charge in [0, 0.05) is 18.3 Å². The van der Waals surface area contributed by atoms with Gasteiger partial charge in [0.2, 0.25) is 0 Å². The molecule has 3 aromatic carbocycles. The van der Waals surface area contributed by atoms with Gasteiger partial charge in [0.1, 0.15) is 11.5 Å². The number of ether oxygens (including phenoxy) is 1. The summed E-state index contributed by atoms with van der Waals surface area (Å²) in [7, 11) is 0. The molecule has 0 saturated heterocycles. The summed E-state index contributed by atoms with van der Waals surface area (Å²) in [6.45, 7) is 0.902. The van der Waals surface area contributed by atoms with E-state index in [1.165, 1.54) is 5.56 Å². The fraction of sp³-hybridized carbons (Fsp3) is 0.100. The van der Waals surface area contributed by atoms with Crippen molar-refractivity contribution < 1.29 is 4.74 Å². The summed E-state index contributed by atoms with van der Waals surface area (Å²) >= 11 is 0. The Labute approximate surface area is 131 Å². The molecule has 0 spiro atoms. The normalized spacial score (nSPS) is 10.2. The standard InChI is InChI=1S/C20H19NO/c1-3-8-17(9-4-1)14-15-21-18-10-7-13-20(16-18)22-19-11-5-2-6-12-19/h1-13,16,21H,14-15H2. The zero-order valence-electron chi connectivity index (χ0n) is 12.4. The Morgan fingerprint density at radius 3 is 2.14 bits per heavy atom. The van der Waals surface area contributed by atoms with E-state index in [0.717, 1.165) is 30.2 Å². The highest BCUT2D eigenvalue weighted by molar-refractivity contribution is 5.49. The van der Waals surface area contributed by atoms with Crippen molar-refractivity contribution in [1.29, 1.82) is 0 Å². The maximum Gasteiger partial charge on any atom is 0.129 e. The van der Waals surface area contributed by atoms with Gasteiger partial charge in [-0.25, -0.2) is 0 Å². The van der Waals surface area contributed by atoms with E-state index in [0.29, 0.717) is 0 Å². The van der Waals surface area contributed by atoms with Gasteiger partial charge in [-0.2, -0.15) is 0 Å². The molecule has 2 heteroatoms. The average Bonchev–Trinajstić information content (AvgIpc) is 2.57. The average molecular weight is 289 g/mol. The molecule has 0 aliphatic heterocycles. The topological polar surface area (TPSA) is 21.3 Å². The first-order valence-electron chi connectivity index (χ1n) is 7.51. The number of hydrogen-bond donors (Lipinski definition) is 1. The Morgan fingerprint density at radius 2 is 1.36 bits per heavy atom. The molecule has 0 aliphatic rings. The molecule has 0 atom stereocenters. The SMILES string of the molecule is c1ccc(CCNc2cccc(Oc3ccccc3)c2)cc1. The molecule has 22 heavy (non-hydrogen) atoms. The first kappa shape index (κ1) is 14.2. The van der Waals surface area contributed by atoms with Crippen LogP contribution in [0.15, 0.2) is 84.9 Å². The van der Waals surface area contributed by atoms with Crippen LogP contribution in [0.4, 0.5) is 5.69 Å². The molecule has 0 heterocycles. The van der Waals surface area contributed by atoms with Crippen molar-refractivity contribution in [3.05, 3.63) is 90.5 Å². The molecule has 0 amide bonds. The molecule has 0 saturated carbocycles. The van der Waals surface area contributed by atoms with E-state index in [-0.39, 0.29) is 0 Å². The summed E-state index contributed by atoms with van der Waals surface area (Å²) in [5.41, 5.74) is 2.41. The van der Waals surface area contributed by atoms with Crippen LogP contribution in [0, 0.1) is 0 Å². The highest BCUT2D eigenvalue weighted by atomic mass is 16.5. The summed E-state index contributed by atoms with van der Waals surface area (Å²) in [5.74, 6) is 1.69. The third kappa shape index (κ3) is 4.13. The lowest BCUT2D eigenvalue weighted by molar-refractivity contribution is 0.483. The van der Waals surface area contributed by atoms with Crippen molar-refractivity contribution in [3.63, 3.8) is 0 Å². The highest BCUT2D eigenvalue weighted by Gasteiger charge is 1.99. The van der Waals surface area contributed by atoms with Gasteiger partial charge < -0.3 is 10.1 Å². The Morgan fingerprint density at radius 1 is 0.682 bits per heavy atom. The monoisotopic (exact) mass is 289 g/mol. The number of nitrogens with one attached hydrogen (secondary N) is 1. The summed E-state index contributed by atoms with van der Waals surface area (Å²) in [6, 6.07) is 28.4. The molecule has 3 aromatic rings. The maximum atomic E-state index is 5.84. The smallest absolute Gasteiger partial charge is 0.129 e. The third-order valence-corrected chi connectivity index (χ3v) is 3.40. The van der Waals surface area contributed by atoms with Crippen molar-refractivity contribution in [1.82, 2.24) is 0 Å². The Bertz CT molecular complexity index is 695. The summed E-state index contributed by atoms with van der Waals surface area (Å²) in [5, 5.41) is 3.44. The molecular formula is C20H19NO. The predicted molar refractivity (Wildman–Crippen MR) is 91.6 cm³/mol. The predicted octanol–water partition coefficient (Wildman–Crippen LogP) is 5.13. The van der Waals surface area contributed by atoms with Crippen LogP contribution < -0.4 is 10.1 Å². The van der Waals surface area contributed by atoms with Gasteiger partial charge in [-0.15, -0.1) is 0 Å². The lowest BCUT2D eigenvalue weighted by atomic mass is 10.1. The number of rotatable bonds is 6. The van der Waals surface area contributed by atoms with Crippen molar-refractivity contribution in [2.45, 2.75) is 6.42 Å². The zero-order chi connectivity index (χ0) is 15.0. The first-order chi connectivity index (χ1) is 10.9. The van der Waals surface area contributed by atoms with Gasteiger partial charge in [0.25, 0.3) is 0 Å².